The Balaban J connectivity index is 0.00000316. The minimum absolute atomic E-state index is 0. The standard InChI is InChI=1S/C68H114N8O9.4Na/c1-13-41-31(3)47-23-49-33(5)43(15-19-63(77)78)57(71-49)29-59-45(17-21-65(81)82)35(7)51(73-59)27-61-67(37(9)53(75-61)25-55(41)69-47)39(11)85-40(12)68-38(10)54-26-56-42(14-2)32(4)48(70-56)24-50-34(6)44(16-20-64(79)80)58(72-50)30-60-46(18-22-66(83)84)36(8)52(74-60)28-62(68)76-54;;;;/h13-14,31-62,67-76H,1-2,15-30H2,3-12H3,(H,77,78)(H,79,80)(H,81,82)(H,83,84);;;;. The molecule has 10 rings (SSSR count). The summed E-state index contributed by atoms with van der Waals surface area (Å²) in [5.41, 5.74) is 0. The first-order valence-electron chi connectivity index (χ1n) is 34.3. The van der Waals surface area contributed by atoms with Crippen molar-refractivity contribution in [1.82, 2.24) is 42.5 Å². The van der Waals surface area contributed by atoms with Crippen molar-refractivity contribution in [1.29, 1.82) is 0 Å². The number of carboxylic acid groups (broad SMARTS) is 4. The molecule has 10 aliphatic rings. The maximum atomic E-state index is 12.3. The fourth-order valence-electron chi connectivity index (χ4n) is 21.7. The van der Waals surface area contributed by atoms with Crippen molar-refractivity contribution in [3.8, 4) is 0 Å². The summed E-state index contributed by atoms with van der Waals surface area (Å²) < 4.78 is 7.71. The monoisotopic (exact) mass is 1280 g/mol. The molecule has 0 aliphatic carbocycles. The van der Waals surface area contributed by atoms with Crippen molar-refractivity contribution in [2.75, 3.05) is 0 Å². The third-order valence-corrected chi connectivity index (χ3v) is 26.4. The maximum absolute atomic E-state index is 12.3. The number of fused-ring (bicyclic) bond motifs is 16. The topological polar surface area (TPSA) is 255 Å². The SMILES string of the molecule is C=CC1C2CC3NC(CC4NC(CC5NC(CC(N2)C1C)C(C)C5CCC(=O)O)C(CCC(=O)O)C4C)C(C(C)OC(C)C1C2CC4NC(CC5NC(CC6NC(CC(N2)C1C)C(C=C)C6C)C(C)C5CCC(=O)O)C(CCC(=O)O)C4C)C3C.[Na].[Na].[Na].[Na]. The summed E-state index contributed by atoms with van der Waals surface area (Å²) in [6, 6.07) is 3.06. The van der Waals surface area contributed by atoms with Crippen LogP contribution in [0.15, 0.2) is 25.3 Å². The molecular weight excluding hydrogens is 1160 g/mol. The van der Waals surface area contributed by atoms with Crippen molar-refractivity contribution >= 4 is 142 Å². The number of hydrogen-bond donors (Lipinski definition) is 12. The second-order valence-corrected chi connectivity index (χ2v) is 30.5. The zero-order chi connectivity index (χ0) is 61.0. The molecule has 10 fully saturated rings. The van der Waals surface area contributed by atoms with Gasteiger partial charge in [0.05, 0.1) is 12.2 Å². The van der Waals surface area contributed by atoms with Crippen LogP contribution in [-0.4, -0.2) is 271 Å². The van der Waals surface area contributed by atoms with Crippen molar-refractivity contribution in [3.63, 3.8) is 0 Å². The Hall–Kier alpha value is 1.000. The summed E-state index contributed by atoms with van der Waals surface area (Å²) in [6.07, 6.45) is 14.6. The predicted octanol–water partition coefficient (Wildman–Crippen LogP) is 5.98. The number of carboxylic acids is 4. The molecule has 0 aromatic carbocycles. The Morgan fingerprint density at radius 2 is 0.551 bits per heavy atom. The first-order chi connectivity index (χ1) is 40.4. The molecule has 0 spiro atoms. The summed E-state index contributed by atoms with van der Waals surface area (Å²) in [5, 5.41) is 73.7. The van der Waals surface area contributed by atoms with Gasteiger partial charge >= 0.3 is 23.9 Å². The normalized spacial score (nSPS) is 47.1. The largest absolute Gasteiger partial charge is 0.481 e. The molecular formula is C68H114N8Na4O9. The zero-order valence-electron chi connectivity index (χ0n) is 57.3. The first kappa shape index (κ1) is 79.0. The van der Waals surface area contributed by atoms with Gasteiger partial charge in [-0.25, -0.2) is 0 Å². The number of carbonyl (C=O) groups is 4. The van der Waals surface area contributed by atoms with Gasteiger partial charge in [-0.3, -0.25) is 19.2 Å². The van der Waals surface area contributed by atoms with Crippen LogP contribution >= 0.6 is 0 Å². The summed E-state index contributed by atoms with van der Waals surface area (Å²) >= 11 is 0. The molecule has 0 saturated carbocycles. The van der Waals surface area contributed by atoms with Gasteiger partial charge in [0.25, 0.3) is 0 Å². The smallest absolute Gasteiger partial charge is 0.303 e. The van der Waals surface area contributed by atoms with E-state index in [1.165, 1.54) is 0 Å². The number of ether oxygens (including phenoxy) is 1. The van der Waals surface area contributed by atoms with E-state index in [0.717, 1.165) is 51.4 Å². The van der Waals surface area contributed by atoms with Crippen molar-refractivity contribution in [2.45, 2.75) is 281 Å². The number of aliphatic carboxylic acids is 4. The molecule has 10 saturated heterocycles. The van der Waals surface area contributed by atoms with Crippen molar-refractivity contribution in [2.24, 2.45) is 94.7 Å². The Kier molecular flexibility index (Phi) is 30.3. The fourth-order valence-corrected chi connectivity index (χ4v) is 21.7. The van der Waals surface area contributed by atoms with Gasteiger partial charge in [-0.2, -0.15) is 0 Å². The van der Waals surface area contributed by atoms with Gasteiger partial charge in [0.1, 0.15) is 0 Å². The summed E-state index contributed by atoms with van der Waals surface area (Å²) in [6.45, 7) is 32.6. The molecule has 10 aliphatic heterocycles. The molecule has 0 aromatic heterocycles. The molecule has 12 N–H and O–H groups in total. The molecule has 0 aromatic rings. The van der Waals surface area contributed by atoms with Crippen LogP contribution in [0.4, 0.5) is 0 Å². The average Bonchev–Trinajstić information content (AvgIpc) is 1.66. The second kappa shape index (κ2) is 34.2. The van der Waals surface area contributed by atoms with Gasteiger partial charge in [-0.15, -0.1) is 13.2 Å². The van der Waals surface area contributed by atoms with Gasteiger partial charge in [-0.05, 0) is 174 Å². The average molecular weight is 1280 g/mol. The van der Waals surface area contributed by atoms with E-state index < -0.39 is 23.9 Å². The number of rotatable bonds is 18. The van der Waals surface area contributed by atoms with E-state index in [4.69, 9.17) is 4.74 Å². The van der Waals surface area contributed by atoms with E-state index in [-0.39, 0.29) is 300 Å². The van der Waals surface area contributed by atoms with E-state index in [1.807, 2.05) is 0 Å². The summed E-state index contributed by atoms with van der Waals surface area (Å²) in [4.78, 5) is 48.8. The van der Waals surface area contributed by atoms with Gasteiger partial charge in [0, 0.05) is 252 Å². The van der Waals surface area contributed by atoms with E-state index in [2.05, 4.69) is 137 Å². The first-order valence-corrected chi connectivity index (χ1v) is 34.3. The Labute approximate surface area is 623 Å². The number of hydrogen-bond acceptors (Lipinski definition) is 13. The maximum Gasteiger partial charge on any atom is 0.303 e. The quantitative estimate of drug-likeness (QED) is 0.0557. The van der Waals surface area contributed by atoms with Crippen LogP contribution in [0.1, 0.15) is 172 Å². The van der Waals surface area contributed by atoms with Crippen molar-refractivity contribution in [3.05, 3.63) is 25.3 Å². The fraction of sp³-hybridized carbons (Fsp3) is 0.882. The Morgan fingerprint density at radius 1 is 0.348 bits per heavy atom. The minimum atomic E-state index is -0.764. The number of nitrogens with one attached hydrogen (secondary N) is 8. The summed E-state index contributed by atoms with van der Waals surface area (Å²) in [7, 11) is 0. The predicted molar refractivity (Wildman–Crippen MR) is 355 cm³/mol. The van der Waals surface area contributed by atoms with Crippen LogP contribution in [0.5, 0.6) is 0 Å². The minimum Gasteiger partial charge on any atom is -0.481 e. The third-order valence-electron chi connectivity index (χ3n) is 26.4. The van der Waals surface area contributed by atoms with Crippen LogP contribution in [0.25, 0.3) is 0 Å². The van der Waals surface area contributed by atoms with Gasteiger partial charge < -0.3 is 67.7 Å². The van der Waals surface area contributed by atoms with Gasteiger partial charge in [0.15, 0.2) is 0 Å². The van der Waals surface area contributed by atoms with Crippen LogP contribution in [0, 0.1) is 94.7 Å². The molecule has 34 unspecified atom stereocenters. The molecule has 89 heavy (non-hydrogen) atoms. The van der Waals surface area contributed by atoms with Crippen LogP contribution < -0.4 is 42.5 Å². The van der Waals surface area contributed by atoms with E-state index in [1.54, 1.807) is 0 Å². The third kappa shape index (κ3) is 17.4. The molecule has 17 nitrogen and oxygen atoms in total. The molecule has 4 radical (unpaired) electrons. The summed E-state index contributed by atoms with van der Waals surface area (Å²) in [5.74, 6) is 1.16. The van der Waals surface area contributed by atoms with Gasteiger partial charge in [0.2, 0.25) is 0 Å². The zero-order valence-corrected chi connectivity index (χ0v) is 65.3. The van der Waals surface area contributed by atoms with Crippen LogP contribution in [-0.2, 0) is 23.9 Å². The molecule has 10 heterocycles. The van der Waals surface area contributed by atoms with Crippen molar-refractivity contribution < 1.29 is 44.3 Å². The second-order valence-electron chi connectivity index (χ2n) is 30.5. The molecule has 21 heteroatoms. The molecule has 16 bridgehead atoms. The van der Waals surface area contributed by atoms with E-state index >= 15 is 0 Å². The Bertz CT molecular complexity index is 2220. The van der Waals surface area contributed by atoms with Crippen LogP contribution in [0.3, 0.4) is 0 Å². The van der Waals surface area contributed by atoms with Gasteiger partial charge in [-0.1, -0.05) is 67.5 Å². The molecule has 34 atom stereocenters. The van der Waals surface area contributed by atoms with E-state index in [0.29, 0.717) is 73.0 Å². The molecule has 0 amide bonds. The molecule has 484 valence electrons. The van der Waals surface area contributed by atoms with E-state index in [9.17, 15) is 39.6 Å². The van der Waals surface area contributed by atoms with Crippen LogP contribution in [0.2, 0.25) is 0 Å². The Morgan fingerprint density at radius 3 is 0.809 bits per heavy atom.